The van der Waals surface area contributed by atoms with Gasteiger partial charge < -0.3 is 14.9 Å². The number of aromatic hydroxyl groups is 1. The van der Waals surface area contributed by atoms with Crippen molar-refractivity contribution >= 4 is 34.7 Å². The number of hydrogen-bond donors (Lipinski definition) is 2. The van der Waals surface area contributed by atoms with Gasteiger partial charge >= 0.3 is 0 Å². The molecule has 32 heavy (non-hydrogen) atoms. The fourth-order valence-electron chi connectivity index (χ4n) is 3.72. The zero-order valence-electron chi connectivity index (χ0n) is 16.8. The monoisotopic (exact) mass is 453 g/mol. The molecule has 1 heterocycles. The lowest BCUT2D eigenvalue weighted by atomic mass is 9.94. The SMILES string of the molecule is COc1ccc(Cl)cc1/C(O)=C1\C(=O)C(=O)N(c2ccccc2O)C1c1ccc(F)cc1. The van der Waals surface area contributed by atoms with Crippen LogP contribution in [0.5, 0.6) is 11.5 Å². The van der Waals surface area contributed by atoms with Gasteiger partial charge in [0.25, 0.3) is 11.7 Å². The van der Waals surface area contributed by atoms with Crippen LogP contribution < -0.4 is 9.64 Å². The van der Waals surface area contributed by atoms with Crippen LogP contribution >= 0.6 is 11.6 Å². The van der Waals surface area contributed by atoms with Crippen LogP contribution in [-0.2, 0) is 9.59 Å². The summed E-state index contributed by atoms with van der Waals surface area (Å²) in [4.78, 5) is 27.3. The van der Waals surface area contributed by atoms with Crippen LogP contribution in [0.2, 0.25) is 5.02 Å². The number of phenols is 1. The number of ether oxygens (including phenoxy) is 1. The van der Waals surface area contributed by atoms with E-state index in [1.165, 1.54) is 55.6 Å². The predicted molar refractivity (Wildman–Crippen MR) is 117 cm³/mol. The summed E-state index contributed by atoms with van der Waals surface area (Å²) in [7, 11) is 1.39. The number of rotatable bonds is 4. The Balaban J connectivity index is 2.01. The van der Waals surface area contributed by atoms with E-state index < -0.39 is 29.3 Å². The van der Waals surface area contributed by atoms with Crippen molar-refractivity contribution in [2.45, 2.75) is 6.04 Å². The number of ketones is 1. The third-order valence-electron chi connectivity index (χ3n) is 5.19. The quantitative estimate of drug-likeness (QED) is 0.336. The molecule has 1 unspecified atom stereocenters. The van der Waals surface area contributed by atoms with E-state index in [0.717, 1.165) is 4.90 Å². The number of nitrogens with zero attached hydrogens (tertiary/aromatic N) is 1. The van der Waals surface area contributed by atoms with E-state index in [9.17, 15) is 24.2 Å². The Morgan fingerprint density at radius 1 is 1.06 bits per heavy atom. The molecule has 0 radical (unpaired) electrons. The molecule has 4 rings (SSSR count). The van der Waals surface area contributed by atoms with Gasteiger partial charge in [-0.1, -0.05) is 35.9 Å². The molecule has 1 aliphatic heterocycles. The lowest BCUT2D eigenvalue weighted by Gasteiger charge is -2.26. The van der Waals surface area contributed by atoms with Crippen molar-refractivity contribution in [3.63, 3.8) is 0 Å². The molecule has 3 aromatic rings. The average molecular weight is 454 g/mol. The molecule has 1 fully saturated rings. The molecule has 1 amide bonds. The lowest BCUT2D eigenvalue weighted by molar-refractivity contribution is -0.132. The highest BCUT2D eigenvalue weighted by Crippen LogP contribution is 2.45. The van der Waals surface area contributed by atoms with Crippen LogP contribution in [0.25, 0.3) is 5.76 Å². The zero-order valence-corrected chi connectivity index (χ0v) is 17.5. The predicted octanol–water partition coefficient (Wildman–Crippen LogP) is 4.82. The van der Waals surface area contributed by atoms with Crippen LogP contribution in [0, 0.1) is 5.82 Å². The van der Waals surface area contributed by atoms with E-state index in [0.29, 0.717) is 5.56 Å². The van der Waals surface area contributed by atoms with Crippen LogP contribution in [0.3, 0.4) is 0 Å². The summed E-state index contributed by atoms with van der Waals surface area (Å²) >= 11 is 6.08. The number of benzene rings is 3. The van der Waals surface area contributed by atoms with Crippen molar-refractivity contribution in [3.05, 3.63) is 94.3 Å². The van der Waals surface area contributed by atoms with Crippen molar-refractivity contribution in [1.29, 1.82) is 0 Å². The number of amides is 1. The van der Waals surface area contributed by atoms with E-state index in [2.05, 4.69) is 0 Å². The molecule has 162 valence electrons. The number of halogens is 2. The normalized spacial score (nSPS) is 17.6. The largest absolute Gasteiger partial charge is 0.507 e. The maximum atomic E-state index is 13.6. The van der Waals surface area contributed by atoms with Crippen LogP contribution in [0.1, 0.15) is 17.2 Å². The zero-order chi connectivity index (χ0) is 23.0. The van der Waals surface area contributed by atoms with Gasteiger partial charge in [0.15, 0.2) is 0 Å². The van der Waals surface area contributed by atoms with Crippen LogP contribution in [0.4, 0.5) is 10.1 Å². The van der Waals surface area contributed by atoms with E-state index in [1.54, 1.807) is 18.2 Å². The number of para-hydroxylation sites is 2. The molecule has 6 nitrogen and oxygen atoms in total. The third kappa shape index (κ3) is 3.56. The third-order valence-corrected chi connectivity index (χ3v) is 5.42. The van der Waals surface area contributed by atoms with Gasteiger partial charge in [0.05, 0.1) is 30.0 Å². The van der Waals surface area contributed by atoms with Gasteiger partial charge in [-0.2, -0.15) is 0 Å². The molecule has 0 bridgehead atoms. The first-order chi connectivity index (χ1) is 15.3. The Kier molecular flexibility index (Phi) is 5.59. The summed E-state index contributed by atoms with van der Waals surface area (Å²) in [5.41, 5.74) is 0.297. The number of carbonyl (C=O) groups is 2. The van der Waals surface area contributed by atoms with Crippen LogP contribution in [-0.4, -0.2) is 29.0 Å². The van der Waals surface area contributed by atoms with Gasteiger partial charge in [0.2, 0.25) is 0 Å². The summed E-state index contributed by atoms with van der Waals surface area (Å²) < 4.78 is 18.9. The number of hydrogen-bond acceptors (Lipinski definition) is 5. The van der Waals surface area contributed by atoms with Gasteiger partial charge in [-0.25, -0.2) is 4.39 Å². The molecule has 2 N–H and O–H groups in total. The Bertz CT molecular complexity index is 1260. The number of aliphatic hydroxyl groups excluding tert-OH is 1. The summed E-state index contributed by atoms with van der Waals surface area (Å²) in [6.07, 6.45) is 0. The van der Waals surface area contributed by atoms with Crippen molar-refractivity contribution in [3.8, 4) is 11.5 Å². The second-order valence-corrected chi connectivity index (χ2v) is 7.49. The van der Waals surface area contributed by atoms with Crippen molar-refractivity contribution in [2.75, 3.05) is 12.0 Å². The summed E-state index contributed by atoms with van der Waals surface area (Å²) in [6, 6.07) is 14.5. The standard InChI is InChI=1S/C24H17ClFNO5/c1-32-19-11-8-14(25)12-16(19)22(29)20-21(13-6-9-15(26)10-7-13)27(24(31)23(20)30)17-4-2-3-5-18(17)28/h2-12,21,28-29H,1H3/b22-20+. The molecule has 1 saturated heterocycles. The first kappa shape index (κ1) is 21.4. The molecule has 1 aliphatic rings. The number of methoxy groups -OCH3 is 1. The Morgan fingerprint density at radius 3 is 2.41 bits per heavy atom. The molecular weight excluding hydrogens is 437 g/mol. The van der Waals surface area contributed by atoms with E-state index >= 15 is 0 Å². The highest BCUT2D eigenvalue weighted by Gasteiger charge is 2.47. The molecule has 0 spiro atoms. The first-order valence-corrected chi connectivity index (χ1v) is 9.89. The highest BCUT2D eigenvalue weighted by atomic mass is 35.5. The Hall–Kier alpha value is -3.84. The molecule has 0 aliphatic carbocycles. The molecule has 0 saturated carbocycles. The maximum Gasteiger partial charge on any atom is 0.300 e. The van der Waals surface area contributed by atoms with Crippen molar-refractivity contribution in [2.24, 2.45) is 0 Å². The fourth-order valence-corrected chi connectivity index (χ4v) is 3.89. The number of Topliss-reactive ketones (excluding diaryl/α,β-unsaturated/α-hetero) is 1. The molecule has 1 atom stereocenters. The van der Waals surface area contributed by atoms with E-state index in [1.807, 2.05) is 0 Å². The second-order valence-electron chi connectivity index (χ2n) is 7.05. The number of aliphatic hydroxyl groups is 1. The van der Waals surface area contributed by atoms with E-state index in [-0.39, 0.29) is 33.3 Å². The minimum Gasteiger partial charge on any atom is -0.507 e. The maximum absolute atomic E-state index is 13.6. The van der Waals surface area contributed by atoms with E-state index in [4.69, 9.17) is 16.3 Å². The minimum absolute atomic E-state index is 0.0704. The number of anilines is 1. The molecule has 3 aromatic carbocycles. The van der Waals surface area contributed by atoms with Gasteiger partial charge in [0, 0.05) is 5.02 Å². The second kappa shape index (κ2) is 8.36. The molecular formula is C24H17ClFNO5. The average Bonchev–Trinajstić information content (AvgIpc) is 3.04. The number of phenolic OH excluding ortho intramolecular Hbond substituents is 1. The van der Waals surface area contributed by atoms with Gasteiger partial charge in [-0.05, 0) is 48.0 Å². The fraction of sp³-hybridized carbons (Fsp3) is 0.0833. The van der Waals surface area contributed by atoms with Crippen molar-refractivity contribution in [1.82, 2.24) is 0 Å². The summed E-state index contributed by atoms with van der Waals surface area (Å²) in [5.74, 6) is -2.94. The highest BCUT2D eigenvalue weighted by molar-refractivity contribution is 6.52. The summed E-state index contributed by atoms with van der Waals surface area (Å²) in [6.45, 7) is 0. The smallest absolute Gasteiger partial charge is 0.300 e. The Morgan fingerprint density at radius 2 is 1.75 bits per heavy atom. The lowest BCUT2D eigenvalue weighted by Crippen LogP contribution is -2.29. The van der Waals surface area contributed by atoms with Gasteiger partial charge in [0.1, 0.15) is 23.1 Å². The van der Waals surface area contributed by atoms with Gasteiger partial charge in [-0.3, -0.25) is 14.5 Å². The molecule has 0 aromatic heterocycles. The molecule has 8 heteroatoms. The summed E-state index contributed by atoms with van der Waals surface area (Å²) in [5, 5.41) is 21.8. The Labute approximate surface area is 187 Å². The van der Waals surface area contributed by atoms with Gasteiger partial charge in [-0.15, -0.1) is 0 Å². The number of carbonyl (C=O) groups excluding carboxylic acids is 2. The van der Waals surface area contributed by atoms with Crippen LogP contribution in [0.15, 0.2) is 72.3 Å². The minimum atomic E-state index is -1.13. The van der Waals surface area contributed by atoms with Crippen molar-refractivity contribution < 1.29 is 28.9 Å². The topological polar surface area (TPSA) is 87.1 Å². The first-order valence-electron chi connectivity index (χ1n) is 9.52.